The number of aliphatic carboxylic acids is 1. The molecule has 0 spiro atoms. The molecule has 1 unspecified atom stereocenters. The summed E-state index contributed by atoms with van der Waals surface area (Å²) in [5.74, 6) is -0.366. The maximum atomic E-state index is 12.8. The SMILES string of the molecule is O=C(O)C1CCCCCN1CCCOc1ccc(F)cc1. The molecular formula is C16H22FNO3. The van der Waals surface area contributed by atoms with Gasteiger partial charge >= 0.3 is 5.97 Å². The Balaban J connectivity index is 1.75. The van der Waals surface area contributed by atoms with Crippen LogP contribution in [0.15, 0.2) is 24.3 Å². The van der Waals surface area contributed by atoms with Gasteiger partial charge in [0.1, 0.15) is 17.6 Å². The van der Waals surface area contributed by atoms with E-state index >= 15 is 0 Å². The minimum atomic E-state index is -0.726. The summed E-state index contributed by atoms with van der Waals surface area (Å²) < 4.78 is 18.3. The molecule has 21 heavy (non-hydrogen) atoms. The van der Waals surface area contributed by atoms with Crippen LogP contribution >= 0.6 is 0 Å². The number of likely N-dealkylation sites (tertiary alicyclic amines) is 1. The fraction of sp³-hybridized carbons (Fsp3) is 0.562. The number of carboxylic acid groups (broad SMARTS) is 1. The summed E-state index contributed by atoms with van der Waals surface area (Å²) in [4.78, 5) is 13.3. The fourth-order valence-electron chi connectivity index (χ4n) is 2.70. The number of hydrogen-bond donors (Lipinski definition) is 1. The minimum Gasteiger partial charge on any atom is -0.494 e. The molecule has 5 heteroatoms. The van der Waals surface area contributed by atoms with E-state index in [1.54, 1.807) is 12.1 Å². The topological polar surface area (TPSA) is 49.8 Å². The van der Waals surface area contributed by atoms with E-state index in [1.165, 1.54) is 12.1 Å². The molecule has 0 saturated carbocycles. The Morgan fingerprint density at radius 3 is 2.76 bits per heavy atom. The van der Waals surface area contributed by atoms with Crippen LogP contribution in [-0.4, -0.2) is 41.7 Å². The van der Waals surface area contributed by atoms with Crippen LogP contribution in [0.1, 0.15) is 32.1 Å². The fourth-order valence-corrected chi connectivity index (χ4v) is 2.70. The quantitative estimate of drug-likeness (QED) is 0.820. The molecule has 1 atom stereocenters. The largest absolute Gasteiger partial charge is 0.494 e. The standard InChI is InChI=1S/C16H22FNO3/c17-13-6-8-14(9-7-13)21-12-4-11-18-10-3-1-2-5-15(18)16(19)20/h6-9,15H,1-5,10-12H2,(H,19,20). The Labute approximate surface area is 124 Å². The monoisotopic (exact) mass is 295 g/mol. The molecule has 116 valence electrons. The summed E-state index contributed by atoms with van der Waals surface area (Å²) in [6.45, 7) is 2.07. The van der Waals surface area contributed by atoms with E-state index < -0.39 is 5.97 Å². The zero-order chi connectivity index (χ0) is 15.1. The van der Waals surface area contributed by atoms with Crippen molar-refractivity contribution in [1.82, 2.24) is 4.90 Å². The van der Waals surface area contributed by atoms with Gasteiger partial charge in [-0.1, -0.05) is 12.8 Å². The summed E-state index contributed by atoms with van der Waals surface area (Å²) in [6, 6.07) is 5.57. The van der Waals surface area contributed by atoms with Gasteiger partial charge in [-0.25, -0.2) is 4.39 Å². The zero-order valence-electron chi connectivity index (χ0n) is 12.1. The van der Waals surface area contributed by atoms with Gasteiger partial charge in [-0.05, 0) is 50.1 Å². The Hall–Kier alpha value is -1.62. The van der Waals surface area contributed by atoms with Gasteiger partial charge in [-0.2, -0.15) is 0 Å². The highest BCUT2D eigenvalue weighted by molar-refractivity contribution is 5.73. The van der Waals surface area contributed by atoms with Crippen molar-refractivity contribution in [3.8, 4) is 5.75 Å². The van der Waals surface area contributed by atoms with Gasteiger partial charge in [0.2, 0.25) is 0 Å². The molecule has 1 saturated heterocycles. The Bertz CT molecular complexity index is 449. The number of nitrogens with zero attached hydrogens (tertiary/aromatic N) is 1. The van der Waals surface area contributed by atoms with Crippen molar-refractivity contribution in [2.24, 2.45) is 0 Å². The lowest BCUT2D eigenvalue weighted by atomic mass is 10.1. The number of carboxylic acids is 1. The second-order valence-electron chi connectivity index (χ2n) is 5.40. The van der Waals surface area contributed by atoms with E-state index in [2.05, 4.69) is 0 Å². The molecule has 2 rings (SSSR count). The third-order valence-electron chi connectivity index (χ3n) is 3.82. The molecule has 0 aliphatic carbocycles. The van der Waals surface area contributed by atoms with Crippen molar-refractivity contribution in [3.63, 3.8) is 0 Å². The Morgan fingerprint density at radius 1 is 1.29 bits per heavy atom. The van der Waals surface area contributed by atoms with Crippen molar-refractivity contribution in [2.45, 2.75) is 38.1 Å². The van der Waals surface area contributed by atoms with E-state index in [1.807, 2.05) is 4.90 Å². The van der Waals surface area contributed by atoms with Gasteiger partial charge in [0.25, 0.3) is 0 Å². The van der Waals surface area contributed by atoms with Crippen LogP contribution in [0.4, 0.5) is 4.39 Å². The molecule has 1 fully saturated rings. The van der Waals surface area contributed by atoms with Gasteiger partial charge in [0.15, 0.2) is 0 Å². The second-order valence-corrected chi connectivity index (χ2v) is 5.40. The second kappa shape index (κ2) is 7.98. The predicted molar refractivity (Wildman–Crippen MR) is 78.0 cm³/mol. The van der Waals surface area contributed by atoms with Crippen LogP contribution in [0.25, 0.3) is 0 Å². The van der Waals surface area contributed by atoms with Crippen LogP contribution in [0.5, 0.6) is 5.75 Å². The van der Waals surface area contributed by atoms with E-state index in [-0.39, 0.29) is 11.9 Å². The lowest BCUT2D eigenvalue weighted by Crippen LogP contribution is -2.41. The average Bonchev–Trinajstić information content (AvgIpc) is 2.71. The first-order valence-corrected chi connectivity index (χ1v) is 7.52. The van der Waals surface area contributed by atoms with Crippen molar-refractivity contribution in [2.75, 3.05) is 19.7 Å². The summed E-state index contributed by atoms with van der Waals surface area (Å²) >= 11 is 0. The first-order valence-electron chi connectivity index (χ1n) is 7.52. The van der Waals surface area contributed by atoms with Crippen LogP contribution in [0, 0.1) is 5.82 Å². The number of benzene rings is 1. The van der Waals surface area contributed by atoms with Gasteiger partial charge in [0.05, 0.1) is 6.61 Å². The van der Waals surface area contributed by atoms with Crippen LogP contribution in [0.3, 0.4) is 0 Å². The number of carbonyl (C=O) groups is 1. The maximum Gasteiger partial charge on any atom is 0.320 e. The summed E-state index contributed by atoms with van der Waals surface area (Å²) in [7, 11) is 0. The van der Waals surface area contributed by atoms with E-state index in [9.17, 15) is 14.3 Å². The van der Waals surface area contributed by atoms with Crippen molar-refractivity contribution < 1.29 is 19.0 Å². The number of rotatable bonds is 6. The van der Waals surface area contributed by atoms with Crippen LogP contribution in [0.2, 0.25) is 0 Å². The predicted octanol–water partition coefficient (Wildman–Crippen LogP) is 2.92. The number of ether oxygens (including phenoxy) is 1. The highest BCUT2D eigenvalue weighted by Crippen LogP contribution is 2.17. The summed E-state index contributed by atoms with van der Waals surface area (Å²) in [5.41, 5.74) is 0. The zero-order valence-corrected chi connectivity index (χ0v) is 12.1. The molecule has 0 amide bonds. The van der Waals surface area contributed by atoms with Gasteiger partial charge in [0, 0.05) is 6.54 Å². The number of halogens is 1. The number of hydrogen-bond acceptors (Lipinski definition) is 3. The van der Waals surface area contributed by atoms with E-state index in [4.69, 9.17) is 4.74 Å². The lowest BCUT2D eigenvalue weighted by molar-refractivity contribution is -0.143. The molecule has 0 bridgehead atoms. The Morgan fingerprint density at radius 2 is 2.05 bits per heavy atom. The maximum absolute atomic E-state index is 12.8. The van der Waals surface area contributed by atoms with Gasteiger partial charge < -0.3 is 9.84 Å². The molecule has 1 heterocycles. The van der Waals surface area contributed by atoms with Gasteiger partial charge in [-0.15, -0.1) is 0 Å². The smallest absolute Gasteiger partial charge is 0.320 e. The highest BCUT2D eigenvalue weighted by Gasteiger charge is 2.26. The highest BCUT2D eigenvalue weighted by atomic mass is 19.1. The molecule has 1 aliphatic heterocycles. The first kappa shape index (κ1) is 15.8. The summed E-state index contributed by atoms with van der Waals surface area (Å²) in [6.07, 6.45) is 4.64. The lowest BCUT2D eigenvalue weighted by Gasteiger charge is -2.26. The molecule has 1 aromatic carbocycles. The minimum absolute atomic E-state index is 0.281. The third kappa shape index (κ3) is 5.01. The van der Waals surface area contributed by atoms with Crippen LogP contribution in [-0.2, 0) is 4.79 Å². The molecule has 1 aliphatic rings. The van der Waals surface area contributed by atoms with E-state index in [0.717, 1.165) is 45.2 Å². The molecule has 1 aromatic rings. The normalized spacial score (nSPS) is 20.0. The Kier molecular flexibility index (Phi) is 5.99. The van der Waals surface area contributed by atoms with Crippen molar-refractivity contribution in [3.05, 3.63) is 30.1 Å². The first-order chi connectivity index (χ1) is 10.2. The van der Waals surface area contributed by atoms with E-state index in [0.29, 0.717) is 12.4 Å². The molecule has 0 aromatic heterocycles. The van der Waals surface area contributed by atoms with Crippen LogP contribution < -0.4 is 4.74 Å². The van der Waals surface area contributed by atoms with Crippen molar-refractivity contribution >= 4 is 5.97 Å². The van der Waals surface area contributed by atoms with Gasteiger partial charge in [-0.3, -0.25) is 9.69 Å². The molecular weight excluding hydrogens is 273 g/mol. The van der Waals surface area contributed by atoms with Crippen molar-refractivity contribution in [1.29, 1.82) is 0 Å². The molecule has 1 N–H and O–H groups in total. The molecule has 4 nitrogen and oxygen atoms in total. The average molecular weight is 295 g/mol. The summed E-state index contributed by atoms with van der Waals surface area (Å²) in [5, 5.41) is 9.29. The third-order valence-corrected chi connectivity index (χ3v) is 3.82. The molecule has 0 radical (unpaired) electrons.